The van der Waals surface area contributed by atoms with Crippen LogP contribution in [0.15, 0.2) is 41.8 Å². The number of halogens is 6. The van der Waals surface area contributed by atoms with Gasteiger partial charge in [0.2, 0.25) is 5.88 Å². The van der Waals surface area contributed by atoms with Crippen LogP contribution in [-0.4, -0.2) is 17.0 Å². The predicted octanol–water partition coefficient (Wildman–Crippen LogP) is 6.08. The average molecular weight is 419 g/mol. The van der Waals surface area contributed by atoms with Crippen molar-refractivity contribution in [1.29, 1.82) is 0 Å². The number of rotatable bonds is 4. The van der Waals surface area contributed by atoms with E-state index in [-0.39, 0.29) is 28.8 Å². The molecule has 11 heteroatoms. The minimum absolute atomic E-state index is 0.0548. The highest BCUT2D eigenvalue weighted by Gasteiger charge is 2.33. The lowest BCUT2D eigenvalue weighted by atomic mass is 10.1. The van der Waals surface area contributed by atoms with Gasteiger partial charge in [-0.05, 0) is 12.1 Å². The number of benzene rings is 1. The van der Waals surface area contributed by atoms with E-state index in [1.165, 1.54) is 23.6 Å². The maximum absolute atomic E-state index is 12.7. The Morgan fingerprint density at radius 1 is 0.929 bits per heavy atom. The second kappa shape index (κ2) is 7.30. The minimum Gasteiger partial charge on any atom is -0.438 e. The SMILES string of the molecule is CNc1cc(Oc2csc(C(F)(F)F)c2)nc(-c2ccc(C(F)(F)F)cc2)n1. The molecule has 0 fully saturated rings. The summed E-state index contributed by atoms with van der Waals surface area (Å²) in [5.41, 5.74) is -0.535. The summed E-state index contributed by atoms with van der Waals surface area (Å²) < 4.78 is 81.6. The Morgan fingerprint density at radius 3 is 2.14 bits per heavy atom. The molecule has 0 aliphatic carbocycles. The number of nitrogens with zero attached hydrogens (tertiary/aromatic N) is 2. The average Bonchev–Trinajstić information content (AvgIpc) is 3.09. The molecule has 3 aromatic rings. The number of hydrogen-bond acceptors (Lipinski definition) is 5. The quantitative estimate of drug-likeness (QED) is 0.521. The van der Waals surface area contributed by atoms with Crippen LogP contribution in [0.1, 0.15) is 10.4 Å². The first-order chi connectivity index (χ1) is 13.1. The van der Waals surface area contributed by atoms with Gasteiger partial charge in [-0.15, -0.1) is 11.3 Å². The molecule has 3 rings (SSSR count). The lowest BCUT2D eigenvalue weighted by molar-refractivity contribution is -0.137. The van der Waals surface area contributed by atoms with E-state index in [0.29, 0.717) is 11.3 Å². The van der Waals surface area contributed by atoms with Crippen molar-refractivity contribution in [3.8, 4) is 23.0 Å². The van der Waals surface area contributed by atoms with Crippen LogP contribution in [0.2, 0.25) is 0 Å². The zero-order valence-corrected chi connectivity index (χ0v) is 14.8. The monoisotopic (exact) mass is 419 g/mol. The van der Waals surface area contributed by atoms with Gasteiger partial charge in [-0.2, -0.15) is 31.3 Å². The Bertz CT molecular complexity index is 966. The topological polar surface area (TPSA) is 47.0 Å². The van der Waals surface area contributed by atoms with Gasteiger partial charge < -0.3 is 10.1 Å². The van der Waals surface area contributed by atoms with E-state index < -0.39 is 22.8 Å². The first kappa shape index (κ1) is 19.9. The minimum atomic E-state index is -4.49. The van der Waals surface area contributed by atoms with Gasteiger partial charge in [0, 0.05) is 30.1 Å². The number of ether oxygens (including phenoxy) is 1. The highest BCUT2D eigenvalue weighted by atomic mass is 32.1. The van der Waals surface area contributed by atoms with Crippen LogP contribution in [-0.2, 0) is 12.4 Å². The Hall–Kier alpha value is -2.82. The second-order valence-electron chi connectivity index (χ2n) is 5.49. The van der Waals surface area contributed by atoms with Gasteiger partial charge in [-0.25, -0.2) is 4.98 Å². The highest BCUT2D eigenvalue weighted by Crippen LogP contribution is 2.38. The smallest absolute Gasteiger partial charge is 0.425 e. The van der Waals surface area contributed by atoms with Crippen LogP contribution in [0.4, 0.5) is 32.2 Å². The van der Waals surface area contributed by atoms with Gasteiger partial charge in [0.1, 0.15) is 16.4 Å². The zero-order chi connectivity index (χ0) is 20.5. The third kappa shape index (κ3) is 4.53. The standard InChI is InChI=1S/C17H11F6N3OS/c1-24-13-7-14(27-11-6-12(28-8-11)17(21,22)23)26-15(25-13)9-2-4-10(5-3-9)16(18,19)20/h2-8H,1H3,(H,24,25,26). The maximum Gasteiger partial charge on any atom is 0.425 e. The van der Waals surface area contributed by atoms with Crippen molar-refractivity contribution in [2.75, 3.05) is 12.4 Å². The van der Waals surface area contributed by atoms with Crippen molar-refractivity contribution in [1.82, 2.24) is 9.97 Å². The van der Waals surface area contributed by atoms with Gasteiger partial charge in [0.15, 0.2) is 5.82 Å². The third-order valence-electron chi connectivity index (χ3n) is 3.51. The molecule has 0 unspecified atom stereocenters. The number of hydrogen-bond donors (Lipinski definition) is 1. The zero-order valence-electron chi connectivity index (χ0n) is 14.0. The van der Waals surface area contributed by atoms with Crippen molar-refractivity contribution in [2.24, 2.45) is 0 Å². The molecule has 0 bridgehead atoms. The number of thiophene rings is 1. The van der Waals surface area contributed by atoms with E-state index in [9.17, 15) is 26.3 Å². The molecule has 0 saturated carbocycles. The molecule has 2 aromatic heterocycles. The van der Waals surface area contributed by atoms with Crippen LogP contribution in [0.3, 0.4) is 0 Å². The van der Waals surface area contributed by atoms with E-state index in [4.69, 9.17) is 4.74 Å². The van der Waals surface area contributed by atoms with E-state index in [1.54, 1.807) is 7.05 Å². The Labute approximate surface area is 158 Å². The first-order valence-corrected chi connectivity index (χ1v) is 8.52. The molecular formula is C17H11F6N3OS. The van der Waals surface area contributed by atoms with Crippen LogP contribution in [0.5, 0.6) is 11.6 Å². The summed E-state index contributed by atoms with van der Waals surface area (Å²) in [6.45, 7) is 0. The summed E-state index contributed by atoms with van der Waals surface area (Å²) in [5, 5.41) is 3.92. The van der Waals surface area contributed by atoms with Crippen molar-refractivity contribution in [3.05, 3.63) is 52.2 Å². The molecule has 0 aliphatic heterocycles. The summed E-state index contributed by atoms with van der Waals surface area (Å²) in [6, 6.07) is 6.38. The normalized spacial score (nSPS) is 12.1. The molecule has 28 heavy (non-hydrogen) atoms. The fraction of sp³-hybridized carbons (Fsp3) is 0.176. The molecule has 1 aromatic carbocycles. The van der Waals surface area contributed by atoms with Gasteiger partial charge in [0.05, 0.1) is 5.56 Å². The van der Waals surface area contributed by atoms with Crippen LogP contribution in [0, 0.1) is 0 Å². The van der Waals surface area contributed by atoms with Crippen molar-refractivity contribution < 1.29 is 31.1 Å². The largest absolute Gasteiger partial charge is 0.438 e. The Kier molecular flexibility index (Phi) is 5.20. The number of aromatic nitrogens is 2. The maximum atomic E-state index is 12.7. The van der Waals surface area contributed by atoms with E-state index >= 15 is 0 Å². The van der Waals surface area contributed by atoms with Crippen molar-refractivity contribution >= 4 is 17.2 Å². The molecule has 0 saturated heterocycles. The van der Waals surface area contributed by atoms with Gasteiger partial charge in [-0.1, -0.05) is 12.1 Å². The van der Waals surface area contributed by atoms with E-state index in [2.05, 4.69) is 15.3 Å². The Balaban J connectivity index is 1.91. The van der Waals surface area contributed by atoms with E-state index in [1.807, 2.05) is 0 Å². The number of nitrogens with one attached hydrogen (secondary N) is 1. The van der Waals surface area contributed by atoms with Gasteiger partial charge in [0.25, 0.3) is 0 Å². The fourth-order valence-electron chi connectivity index (χ4n) is 2.18. The van der Waals surface area contributed by atoms with Gasteiger partial charge in [-0.3, -0.25) is 0 Å². The summed E-state index contributed by atoms with van der Waals surface area (Å²) >= 11 is 0.475. The summed E-state index contributed by atoms with van der Waals surface area (Å²) in [4.78, 5) is 7.39. The molecule has 0 aliphatic rings. The molecule has 2 heterocycles. The van der Waals surface area contributed by atoms with E-state index in [0.717, 1.165) is 18.2 Å². The number of anilines is 1. The van der Waals surface area contributed by atoms with Crippen molar-refractivity contribution in [3.63, 3.8) is 0 Å². The van der Waals surface area contributed by atoms with Crippen LogP contribution < -0.4 is 10.1 Å². The van der Waals surface area contributed by atoms with Crippen LogP contribution >= 0.6 is 11.3 Å². The molecule has 0 amide bonds. The third-order valence-corrected chi connectivity index (χ3v) is 4.46. The lowest BCUT2D eigenvalue weighted by Crippen LogP contribution is -2.04. The molecular weight excluding hydrogens is 408 g/mol. The predicted molar refractivity (Wildman–Crippen MR) is 91.4 cm³/mol. The summed E-state index contributed by atoms with van der Waals surface area (Å²) in [7, 11) is 1.55. The molecule has 0 radical (unpaired) electrons. The molecule has 0 spiro atoms. The fourth-order valence-corrected chi connectivity index (χ4v) is 2.86. The molecule has 0 atom stereocenters. The van der Waals surface area contributed by atoms with Gasteiger partial charge >= 0.3 is 12.4 Å². The lowest BCUT2D eigenvalue weighted by Gasteiger charge is -2.10. The number of alkyl halides is 6. The van der Waals surface area contributed by atoms with Crippen molar-refractivity contribution in [2.45, 2.75) is 12.4 Å². The Morgan fingerprint density at radius 2 is 1.61 bits per heavy atom. The molecule has 4 nitrogen and oxygen atoms in total. The second-order valence-corrected chi connectivity index (χ2v) is 6.40. The first-order valence-electron chi connectivity index (χ1n) is 7.64. The molecule has 148 valence electrons. The molecule has 1 N–H and O–H groups in total. The highest BCUT2D eigenvalue weighted by molar-refractivity contribution is 7.10. The summed E-state index contributed by atoms with van der Waals surface area (Å²) in [6.07, 6.45) is -8.96. The van der Waals surface area contributed by atoms with Crippen LogP contribution in [0.25, 0.3) is 11.4 Å². The summed E-state index contributed by atoms with van der Waals surface area (Å²) in [5.74, 6) is 0.227.